The van der Waals surface area contributed by atoms with Gasteiger partial charge in [-0.2, -0.15) is 13.2 Å². The molecule has 3 rings (SSSR count). The number of aromatic hydroxyl groups is 1. The standard InChI is InChI=1S/C15H10F3N3O/c16-15(17,18)11-6-4-10(5-7-11)14-9-21(20-19-14)12-2-1-3-13(22)8-12/h1-9,22H. The SMILES string of the molecule is Oc1cccc(-n2cc(-c3ccc(C(F)(F)F)cc3)nn2)c1. The Bertz CT molecular complexity index is 794. The van der Waals surface area contributed by atoms with Crippen LogP contribution < -0.4 is 0 Å². The van der Waals surface area contributed by atoms with Crippen molar-refractivity contribution in [1.82, 2.24) is 15.0 Å². The van der Waals surface area contributed by atoms with E-state index in [2.05, 4.69) is 10.3 Å². The van der Waals surface area contributed by atoms with Crippen molar-refractivity contribution in [3.8, 4) is 22.7 Å². The summed E-state index contributed by atoms with van der Waals surface area (Å²) in [5.41, 5.74) is 0.860. The zero-order valence-electron chi connectivity index (χ0n) is 11.1. The third-order valence-corrected chi connectivity index (χ3v) is 3.10. The van der Waals surface area contributed by atoms with Gasteiger partial charge in [0.05, 0.1) is 17.4 Å². The van der Waals surface area contributed by atoms with Gasteiger partial charge in [-0.15, -0.1) is 5.10 Å². The third kappa shape index (κ3) is 2.78. The Labute approximate surface area is 123 Å². The number of hydrogen-bond donors (Lipinski definition) is 1. The van der Waals surface area contributed by atoms with Crippen LogP contribution in [0.5, 0.6) is 5.75 Å². The van der Waals surface area contributed by atoms with Gasteiger partial charge in [0.15, 0.2) is 0 Å². The molecule has 7 heteroatoms. The number of aromatic nitrogens is 3. The second-order valence-electron chi connectivity index (χ2n) is 4.64. The summed E-state index contributed by atoms with van der Waals surface area (Å²) in [7, 11) is 0. The Balaban J connectivity index is 1.91. The van der Waals surface area contributed by atoms with E-state index in [4.69, 9.17) is 0 Å². The summed E-state index contributed by atoms with van der Waals surface area (Å²) >= 11 is 0. The third-order valence-electron chi connectivity index (χ3n) is 3.10. The highest BCUT2D eigenvalue weighted by atomic mass is 19.4. The second kappa shape index (κ2) is 5.18. The first-order valence-electron chi connectivity index (χ1n) is 6.33. The first-order valence-corrected chi connectivity index (χ1v) is 6.33. The quantitative estimate of drug-likeness (QED) is 0.786. The van der Waals surface area contributed by atoms with E-state index in [-0.39, 0.29) is 5.75 Å². The first kappa shape index (κ1) is 14.1. The van der Waals surface area contributed by atoms with Crippen molar-refractivity contribution in [3.05, 3.63) is 60.3 Å². The summed E-state index contributed by atoms with van der Waals surface area (Å²) in [4.78, 5) is 0. The lowest BCUT2D eigenvalue weighted by atomic mass is 10.1. The minimum absolute atomic E-state index is 0.0871. The summed E-state index contributed by atoms with van der Waals surface area (Å²) in [6, 6.07) is 11.1. The van der Waals surface area contributed by atoms with Gasteiger partial charge in [0.2, 0.25) is 0 Å². The predicted molar refractivity (Wildman–Crippen MR) is 73.5 cm³/mol. The van der Waals surface area contributed by atoms with Crippen LogP contribution in [-0.4, -0.2) is 20.1 Å². The van der Waals surface area contributed by atoms with Crippen molar-refractivity contribution in [2.24, 2.45) is 0 Å². The molecule has 0 unspecified atom stereocenters. The highest BCUT2D eigenvalue weighted by Crippen LogP contribution is 2.30. The lowest BCUT2D eigenvalue weighted by Crippen LogP contribution is -2.03. The number of rotatable bonds is 2. The molecule has 0 atom stereocenters. The van der Waals surface area contributed by atoms with E-state index in [1.54, 1.807) is 18.3 Å². The van der Waals surface area contributed by atoms with Crippen molar-refractivity contribution >= 4 is 0 Å². The lowest BCUT2D eigenvalue weighted by molar-refractivity contribution is -0.137. The average Bonchev–Trinajstić information content (AvgIpc) is 2.96. The largest absolute Gasteiger partial charge is 0.508 e. The van der Waals surface area contributed by atoms with Crippen molar-refractivity contribution in [1.29, 1.82) is 0 Å². The molecular formula is C15H10F3N3O. The summed E-state index contributed by atoms with van der Waals surface area (Å²) < 4.78 is 39.0. The van der Waals surface area contributed by atoms with E-state index >= 15 is 0 Å². The fourth-order valence-electron chi connectivity index (χ4n) is 1.99. The van der Waals surface area contributed by atoms with Gasteiger partial charge in [-0.05, 0) is 24.3 Å². The molecule has 0 amide bonds. The highest BCUT2D eigenvalue weighted by Gasteiger charge is 2.30. The zero-order chi connectivity index (χ0) is 15.7. The van der Waals surface area contributed by atoms with E-state index in [0.717, 1.165) is 12.1 Å². The Morgan fingerprint density at radius 3 is 2.36 bits per heavy atom. The Kier molecular flexibility index (Phi) is 3.32. The van der Waals surface area contributed by atoms with Crippen LogP contribution in [-0.2, 0) is 6.18 Å². The molecule has 1 aromatic heterocycles. The Hall–Kier alpha value is -2.83. The normalized spacial score (nSPS) is 11.6. The van der Waals surface area contributed by atoms with Gasteiger partial charge in [-0.25, -0.2) is 4.68 Å². The maximum atomic E-state index is 12.5. The minimum atomic E-state index is -4.36. The summed E-state index contributed by atoms with van der Waals surface area (Å²) in [5, 5.41) is 17.3. The molecule has 0 aliphatic rings. The van der Waals surface area contributed by atoms with Gasteiger partial charge in [-0.3, -0.25) is 0 Å². The zero-order valence-corrected chi connectivity index (χ0v) is 11.1. The summed E-state index contributed by atoms with van der Waals surface area (Å²) in [6.07, 6.45) is -2.78. The van der Waals surface area contributed by atoms with E-state index in [9.17, 15) is 18.3 Å². The number of benzene rings is 2. The molecule has 0 saturated heterocycles. The van der Waals surface area contributed by atoms with E-state index in [1.165, 1.54) is 28.9 Å². The van der Waals surface area contributed by atoms with Gasteiger partial charge >= 0.3 is 6.18 Å². The molecule has 0 bridgehead atoms. The van der Waals surface area contributed by atoms with Gasteiger partial charge < -0.3 is 5.11 Å². The van der Waals surface area contributed by atoms with Gasteiger partial charge in [0.25, 0.3) is 0 Å². The van der Waals surface area contributed by atoms with E-state index in [0.29, 0.717) is 16.9 Å². The molecule has 0 spiro atoms. The average molecular weight is 305 g/mol. The molecule has 0 radical (unpaired) electrons. The molecule has 0 aliphatic heterocycles. The molecule has 1 N–H and O–H groups in total. The number of hydrogen-bond acceptors (Lipinski definition) is 3. The van der Waals surface area contributed by atoms with Crippen molar-refractivity contribution in [2.75, 3.05) is 0 Å². The summed E-state index contributed by atoms with van der Waals surface area (Å²) in [6.45, 7) is 0. The topological polar surface area (TPSA) is 50.9 Å². The molecule has 0 fully saturated rings. The van der Waals surface area contributed by atoms with Gasteiger partial charge in [0, 0.05) is 11.6 Å². The van der Waals surface area contributed by atoms with Gasteiger partial charge in [0.1, 0.15) is 11.4 Å². The number of alkyl halides is 3. The fourth-order valence-corrected chi connectivity index (χ4v) is 1.99. The molecule has 3 aromatic rings. The minimum Gasteiger partial charge on any atom is -0.508 e. The molecule has 22 heavy (non-hydrogen) atoms. The molecule has 1 heterocycles. The number of nitrogens with zero attached hydrogens (tertiary/aromatic N) is 3. The van der Waals surface area contributed by atoms with E-state index < -0.39 is 11.7 Å². The van der Waals surface area contributed by atoms with Gasteiger partial charge in [-0.1, -0.05) is 23.4 Å². The Morgan fingerprint density at radius 2 is 1.73 bits per heavy atom. The summed E-state index contributed by atoms with van der Waals surface area (Å²) in [5.74, 6) is 0.0871. The first-order chi connectivity index (χ1) is 10.4. The van der Waals surface area contributed by atoms with Crippen LogP contribution in [0.1, 0.15) is 5.56 Å². The van der Waals surface area contributed by atoms with Crippen LogP contribution in [0.25, 0.3) is 16.9 Å². The fraction of sp³-hybridized carbons (Fsp3) is 0.0667. The lowest BCUT2D eigenvalue weighted by Gasteiger charge is -2.06. The second-order valence-corrected chi connectivity index (χ2v) is 4.64. The molecule has 112 valence electrons. The number of phenols is 1. The van der Waals surface area contributed by atoms with Crippen LogP contribution >= 0.6 is 0 Å². The molecule has 4 nitrogen and oxygen atoms in total. The monoisotopic (exact) mass is 305 g/mol. The highest BCUT2D eigenvalue weighted by molar-refractivity contribution is 5.59. The maximum Gasteiger partial charge on any atom is 0.416 e. The van der Waals surface area contributed by atoms with Crippen molar-refractivity contribution < 1.29 is 18.3 Å². The van der Waals surface area contributed by atoms with Crippen LogP contribution in [0.3, 0.4) is 0 Å². The predicted octanol–water partition coefficient (Wildman–Crippen LogP) is 3.66. The molecular weight excluding hydrogens is 295 g/mol. The van der Waals surface area contributed by atoms with Crippen LogP contribution in [0.2, 0.25) is 0 Å². The van der Waals surface area contributed by atoms with E-state index in [1.807, 2.05) is 0 Å². The van der Waals surface area contributed by atoms with Crippen LogP contribution in [0.4, 0.5) is 13.2 Å². The molecule has 0 saturated carbocycles. The van der Waals surface area contributed by atoms with Crippen LogP contribution in [0, 0.1) is 0 Å². The van der Waals surface area contributed by atoms with Crippen molar-refractivity contribution in [2.45, 2.75) is 6.18 Å². The maximum absolute atomic E-state index is 12.5. The number of phenolic OH excluding ortho intramolecular Hbond substituents is 1. The molecule has 2 aromatic carbocycles. The molecule has 0 aliphatic carbocycles. The van der Waals surface area contributed by atoms with Crippen molar-refractivity contribution in [3.63, 3.8) is 0 Å². The Morgan fingerprint density at radius 1 is 1.00 bits per heavy atom. The number of halogens is 3. The van der Waals surface area contributed by atoms with Crippen LogP contribution in [0.15, 0.2) is 54.7 Å². The smallest absolute Gasteiger partial charge is 0.416 e.